The number of carbonyl (C=O) groups is 2. The van der Waals surface area contributed by atoms with Gasteiger partial charge in [-0.05, 0) is 32.1 Å². The van der Waals surface area contributed by atoms with E-state index >= 15 is 0 Å². The maximum atomic E-state index is 12.1. The molecule has 1 saturated carbocycles. The van der Waals surface area contributed by atoms with Gasteiger partial charge in [-0.15, -0.1) is 0 Å². The van der Waals surface area contributed by atoms with Crippen LogP contribution in [0.5, 0.6) is 0 Å². The van der Waals surface area contributed by atoms with E-state index in [1.54, 1.807) is 4.90 Å². The summed E-state index contributed by atoms with van der Waals surface area (Å²) in [6, 6.07) is 0. The van der Waals surface area contributed by atoms with Crippen LogP contribution in [0.25, 0.3) is 0 Å². The Balaban J connectivity index is 1.42. The Morgan fingerprint density at radius 3 is 2.86 bits per heavy atom. The number of aromatic nitrogens is 2. The van der Waals surface area contributed by atoms with Gasteiger partial charge in [0.25, 0.3) is 0 Å². The third-order valence-corrected chi connectivity index (χ3v) is 4.33. The minimum Gasteiger partial charge on any atom is -0.481 e. The number of hydrogen-bond donors (Lipinski definition) is 1. The highest BCUT2D eigenvalue weighted by Crippen LogP contribution is 2.38. The molecule has 7 heteroatoms. The summed E-state index contributed by atoms with van der Waals surface area (Å²) in [6.45, 7) is 0.996. The van der Waals surface area contributed by atoms with Crippen LogP contribution < -0.4 is 0 Å². The van der Waals surface area contributed by atoms with Gasteiger partial charge in [-0.2, -0.15) is 4.98 Å². The van der Waals surface area contributed by atoms with Crippen molar-refractivity contribution in [1.29, 1.82) is 0 Å². The Hall–Kier alpha value is -1.92. The van der Waals surface area contributed by atoms with E-state index in [0.29, 0.717) is 50.6 Å². The monoisotopic (exact) mass is 307 g/mol. The Labute approximate surface area is 128 Å². The normalized spacial score (nSPS) is 21.8. The molecule has 1 amide bonds. The van der Waals surface area contributed by atoms with E-state index in [1.807, 2.05) is 0 Å². The van der Waals surface area contributed by atoms with Crippen LogP contribution in [0.4, 0.5) is 0 Å². The molecule has 1 N–H and O–H groups in total. The number of likely N-dealkylation sites (tertiary alicyclic amines) is 1. The van der Waals surface area contributed by atoms with Gasteiger partial charge < -0.3 is 14.5 Å². The Bertz CT molecular complexity index is 553. The molecular weight excluding hydrogens is 286 g/mol. The van der Waals surface area contributed by atoms with Crippen molar-refractivity contribution in [2.45, 2.75) is 50.9 Å². The fourth-order valence-electron chi connectivity index (χ4n) is 2.83. The molecule has 0 radical (unpaired) electrons. The van der Waals surface area contributed by atoms with Gasteiger partial charge in [-0.1, -0.05) is 5.16 Å². The number of rotatable bonds is 6. The zero-order chi connectivity index (χ0) is 15.5. The highest BCUT2D eigenvalue weighted by Gasteiger charge is 2.29. The third-order valence-electron chi connectivity index (χ3n) is 4.33. The number of piperidine rings is 1. The first-order valence-electron chi connectivity index (χ1n) is 7.96. The molecule has 1 aliphatic heterocycles. The van der Waals surface area contributed by atoms with Crippen molar-refractivity contribution in [2.24, 2.45) is 5.92 Å². The lowest BCUT2D eigenvalue weighted by molar-refractivity contribution is -0.145. The molecule has 3 rings (SSSR count). The molecule has 2 heterocycles. The van der Waals surface area contributed by atoms with E-state index in [2.05, 4.69) is 10.1 Å². The average Bonchev–Trinajstić information content (AvgIpc) is 3.27. The topological polar surface area (TPSA) is 96.5 Å². The minimum absolute atomic E-state index is 0.0212. The Morgan fingerprint density at radius 2 is 2.14 bits per heavy atom. The van der Waals surface area contributed by atoms with Gasteiger partial charge >= 0.3 is 5.97 Å². The summed E-state index contributed by atoms with van der Waals surface area (Å²) >= 11 is 0. The molecule has 1 aliphatic carbocycles. The van der Waals surface area contributed by atoms with Gasteiger partial charge in [0.2, 0.25) is 11.8 Å². The summed E-state index contributed by atoms with van der Waals surface area (Å²) in [5.74, 6) is 0.650. The van der Waals surface area contributed by atoms with Crippen molar-refractivity contribution in [3.63, 3.8) is 0 Å². The second-order valence-electron chi connectivity index (χ2n) is 6.19. The van der Waals surface area contributed by atoms with Crippen molar-refractivity contribution in [1.82, 2.24) is 15.0 Å². The standard InChI is InChI=1S/C15H21N3O4/c19-13(18-8-2-3-11(9-18)15(20)21)5-1-4-12-16-14(17-22-12)10-6-7-10/h10-11H,1-9H2,(H,20,21)/t11-/m1/s1. The molecule has 1 atom stereocenters. The summed E-state index contributed by atoms with van der Waals surface area (Å²) in [5, 5.41) is 13.0. The smallest absolute Gasteiger partial charge is 0.308 e. The lowest BCUT2D eigenvalue weighted by atomic mass is 9.98. The zero-order valence-corrected chi connectivity index (χ0v) is 12.5. The quantitative estimate of drug-likeness (QED) is 0.857. The number of hydrogen-bond acceptors (Lipinski definition) is 5. The first kappa shape index (κ1) is 15.0. The molecule has 0 spiro atoms. The molecule has 0 bridgehead atoms. The summed E-state index contributed by atoms with van der Waals surface area (Å²) < 4.78 is 5.18. The van der Waals surface area contributed by atoms with E-state index in [1.165, 1.54) is 0 Å². The largest absolute Gasteiger partial charge is 0.481 e. The number of carboxylic acids is 1. The van der Waals surface area contributed by atoms with E-state index in [4.69, 9.17) is 9.63 Å². The molecule has 120 valence electrons. The van der Waals surface area contributed by atoms with Crippen molar-refractivity contribution < 1.29 is 19.2 Å². The first-order valence-corrected chi connectivity index (χ1v) is 7.96. The van der Waals surface area contributed by atoms with Crippen LogP contribution in [-0.4, -0.2) is 45.1 Å². The molecule has 0 aromatic carbocycles. The van der Waals surface area contributed by atoms with Gasteiger partial charge in [0.1, 0.15) is 0 Å². The van der Waals surface area contributed by atoms with Gasteiger partial charge in [0, 0.05) is 31.8 Å². The number of amides is 1. The van der Waals surface area contributed by atoms with Crippen LogP contribution >= 0.6 is 0 Å². The molecule has 0 unspecified atom stereocenters. The predicted octanol–water partition coefficient (Wildman–Crippen LogP) is 1.59. The van der Waals surface area contributed by atoms with Crippen molar-refractivity contribution in [3.05, 3.63) is 11.7 Å². The molecule has 1 saturated heterocycles. The maximum absolute atomic E-state index is 12.1. The lowest BCUT2D eigenvalue weighted by Gasteiger charge is -2.30. The number of nitrogens with zero attached hydrogens (tertiary/aromatic N) is 3. The fraction of sp³-hybridized carbons (Fsp3) is 0.733. The SMILES string of the molecule is O=C(O)[C@@H]1CCCN(C(=O)CCCc2nc(C3CC3)no2)C1. The average molecular weight is 307 g/mol. The lowest BCUT2D eigenvalue weighted by Crippen LogP contribution is -2.42. The fourth-order valence-corrected chi connectivity index (χ4v) is 2.83. The van der Waals surface area contributed by atoms with Crippen LogP contribution in [0.2, 0.25) is 0 Å². The van der Waals surface area contributed by atoms with E-state index in [9.17, 15) is 9.59 Å². The Kier molecular flexibility index (Phi) is 4.40. The second-order valence-corrected chi connectivity index (χ2v) is 6.19. The van der Waals surface area contributed by atoms with E-state index in [0.717, 1.165) is 25.1 Å². The Morgan fingerprint density at radius 1 is 1.32 bits per heavy atom. The molecular formula is C15H21N3O4. The van der Waals surface area contributed by atoms with Crippen LogP contribution in [0.1, 0.15) is 56.2 Å². The van der Waals surface area contributed by atoms with Gasteiger partial charge in [-0.25, -0.2) is 0 Å². The molecule has 2 fully saturated rings. The van der Waals surface area contributed by atoms with Crippen molar-refractivity contribution in [3.8, 4) is 0 Å². The number of carboxylic acid groups (broad SMARTS) is 1. The van der Waals surface area contributed by atoms with Crippen molar-refractivity contribution in [2.75, 3.05) is 13.1 Å². The molecule has 2 aliphatic rings. The highest BCUT2D eigenvalue weighted by atomic mass is 16.5. The van der Waals surface area contributed by atoms with Gasteiger partial charge in [-0.3, -0.25) is 9.59 Å². The van der Waals surface area contributed by atoms with Crippen LogP contribution in [-0.2, 0) is 16.0 Å². The molecule has 1 aromatic rings. The predicted molar refractivity (Wildman–Crippen MR) is 76.2 cm³/mol. The number of carbonyl (C=O) groups excluding carboxylic acids is 1. The third kappa shape index (κ3) is 3.64. The van der Waals surface area contributed by atoms with Gasteiger partial charge in [0.15, 0.2) is 5.82 Å². The first-order chi connectivity index (χ1) is 10.6. The van der Waals surface area contributed by atoms with E-state index in [-0.39, 0.29) is 5.91 Å². The van der Waals surface area contributed by atoms with Crippen LogP contribution in [0, 0.1) is 5.92 Å². The van der Waals surface area contributed by atoms with E-state index < -0.39 is 11.9 Å². The highest BCUT2D eigenvalue weighted by molar-refractivity contribution is 5.78. The van der Waals surface area contributed by atoms with Crippen LogP contribution in [0.15, 0.2) is 4.52 Å². The summed E-state index contributed by atoms with van der Waals surface area (Å²) in [5.41, 5.74) is 0. The summed E-state index contributed by atoms with van der Waals surface area (Å²) in [4.78, 5) is 29.2. The van der Waals surface area contributed by atoms with Gasteiger partial charge in [0.05, 0.1) is 5.92 Å². The summed E-state index contributed by atoms with van der Waals surface area (Å²) in [7, 11) is 0. The second kappa shape index (κ2) is 6.46. The molecule has 7 nitrogen and oxygen atoms in total. The maximum Gasteiger partial charge on any atom is 0.308 e. The molecule has 1 aromatic heterocycles. The molecule has 22 heavy (non-hydrogen) atoms. The minimum atomic E-state index is -0.809. The number of aryl methyl sites for hydroxylation is 1. The zero-order valence-electron chi connectivity index (χ0n) is 12.5. The number of aliphatic carboxylic acids is 1. The summed E-state index contributed by atoms with van der Waals surface area (Å²) in [6.07, 6.45) is 5.34. The van der Waals surface area contributed by atoms with Crippen LogP contribution in [0.3, 0.4) is 0 Å². The van der Waals surface area contributed by atoms with Crippen molar-refractivity contribution >= 4 is 11.9 Å².